The molecular weight excluding hydrogens is 354 g/mol. The first-order valence-electron chi connectivity index (χ1n) is 9.38. The summed E-state index contributed by atoms with van der Waals surface area (Å²) in [6.45, 7) is 1.32. The van der Waals surface area contributed by atoms with Crippen LogP contribution in [-0.2, 0) is 9.53 Å². The van der Waals surface area contributed by atoms with Crippen LogP contribution >= 0.6 is 0 Å². The van der Waals surface area contributed by atoms with Crippen molar-refractivity contribution < 1.29 is 19.1 Å². The van der Waals surface area contributed by atoms with Crippen molar-refractivity contribution in [3.63, 3.8) is 0 Å². The Hall–Kier alpha value is -2.92. The number of methoxy groups -OCH3 is 2. The van der Waals surface area contributed by atoms with Crippen molar-refractivity contribution in [2.24, 2.45) is 0 Å². The van der Waals surface area contributed by atoms with Gasteiger partial charge in [0.05, 0.1) is 20.8 Å². The lowest BCUT2D eigenvalue weighted by Crippen LogP contribution is -2.29. The molecule has 1 aliphatic heterocycles. The Morgan fingerprint density at radius 3 is 2.43 bits per heavy atom. The van der Waals surface area contributed by atoms with Crippen molar-refractivity contribution in [2.75, 3.05) is 27.3 Å². The standard InChI is InChI=1S/C23H25NO4/c1-27-20-12-10-19(11-13-20)22(25)16-24-15-3-4-21(24)18-8-5-17(6-9-18)7-14-23(26)28-2/h5-14,21H,3-4,15-16H2,1-2H3. The van der Waals surface area contributed by atoms with E-state index in [4.69, 9.17) is 4.74 Å². The van der Waals surface area contributed by atoms with Crippen LogP contribution in [0.5, 0.6) is 5.75 Å². The van der Waals surface area contributed by atoms with E-state index in [9.17, 15) is 9.59 Å². The van der Waals surface area contributed by atoms with Crippen LogP contribution in [0.2, 0.25) is 0 Å². The Bertz CT molecular complexity index is 840. The Labute approximate surface area is 165 Å². The molecule has 0 amide bonds. The maximum Gasteiger partial charge on any atom is 0.330 e. The number of carbonyl (C=O) groups is 2. The third kappa shape index (κ3) is 4.87. The van der Waals surface area contributed by atoms with E-state index in [1.165, 1.54) is 18.7 Å². The molecule has 0 radical (unpaired) electrons. The summed E-state index contributed by atoms with van der Waals surface area (Å²) in [4.78, 5) is 26.1. The zero-order valence-electron chi connectivity index (χ0n) is 16.3. The number of rotatable bonds is 7. The van der Waals surface area contributed by atoms with Crippen molar-refractivity contribution in [3.8, 4) is 5.75 Å². The van der Waals surface area contributed by atoms with E-state index in [1.807, 2.05) is 36.4 Å². The van der Waals surface area contributed by atoms with E-state index in [1.54, 1.807) is 13.2 Å². The summed E-state index contributed by atoms with van der Waals surface area (Å²) in [7, 11) is 2.97. The van der Waals surface area contributed by atoms with Gasteiger partial charge in [-0.25, -0.2) is 4.79 Å². The molecule has 0 spiro atoms. The second kappa shape index (κ2) is 9.33. The van der Waals surface area contributed by atoms with Crippen LogP contribution in [-0.4, -0.2) is 44.0 Å². The second-order valence-corrected chi connectivity index (χ2v) is 6.80. The number of carbonyl (C=O) groups excluding carboxylic acids is 2. The van der Waals surface area contributed by atoms with Gasteiger partial charge in [-0.3, -0.25) is 9.69 Å². The molecule has 0 aliphatic carbocycles. The quantitative estimate of drug-likeness (QED) is 0.415. The van der Waals surface area contributed by atoms with Gasteiger partial charge in [0.25, 0.3) is 0 Å². The van der Waals surface area contributed by atoms with Gasteiger partial charge >= 0.3 is 5.97 Å². The molecule has 0 saturated carbocycles. The Morgan fingerprint density at radius 2 is 1.79 bits per heavy atom. The number of ketones is 1. The largest absolute Gasteiger partial charge is 0.497 e. The molecule has 5 heteroatoms. The fourth-order valence-electron chi connectivity index (χ4n) is 3.51. The molecule has 0 aromatic heterocycles. The summed E-state index contributed by atoms with van der Waals surface area (Å²) in [5.74, 6) is 0.493. The monoisotopic (exact) mass is 379 g/mol. The molecule has 0 N–H and O–H groups in total. The highest BCUT2D eigenvalue weighted by Gasteiger charge is 2.27. The van der Waals surface area contributed by atoms with Crippen LogP contribution in [0.25, 0.3) is 6.08 Å². The van der Waals surface area contributed by atoms with E-state index in [-0.39, 0.29) is 17.8 Å². The van der Waals surface area contributed by atoms with Crippen molar-refractivity contribution >= 4 is 17.8 Å². The minimum absolute atomic E-state index is 0.118. The lowest BCUT2D eigenvalue weighted by molar-refractivity contribution is -0.134. The molecule has 1 saturated heterocycles. The molecule has 1 aliphatic rings. The third-order valence-corrected chi connectivity index (χ3v) is 5.06. The van der Waals surface area contributed by atoms with Crippen LogP contribution in [0.1, 0.15) is 40.4 Å². The summed E-state index contributed by atoms with van der Waals surface area (Å²) < 4.78 is 9.76. The highest BCUT2D eigenvalue weighted by Crippen LogP contribution is 2.32. The number of ether oxygens (including phenoxy) is 2. The minimum atomic E-state index is -0.372. The number of esters is 1. The number of benzene rings is 2. The SMILES string of the molecule is COC(=O)C=Cc1ccc(C2CCCN2CC(=O)c2ccc(OC)cc2)cc1. The maximum atomic E-state index is 12.7. The summed E-state index contributed by atoms with van der Waals surface area (Å²) in [5.41, 5.74) is 2.83. The number of Topliss-reactive ketones (excluding diaryl/α,β-unsaturated/α-hetero) is 1. The fourth-order valence-corrected chi connectivity index (χ4v) is 3.51. The first-order chi connectivity index (χ1) is 13.6. The Morgan fingerprint density at radius 1 is 1.07 bits per heavy atom. The van der Waals surface area contributed by atoms with E-state index < -0.39 is 0 Å². The lowest BCUT2D eigenvalue weighted by Gasteiger charge is -2.24. The maximum absolute atomic E-state index is 12.7. The van der Waals surface area contributed by atoms with Gasteiger partial charge in [-0.1, -0.05) is 24.3 Å². The van der Waals surface area contributed by atoms with Gasteiger partial charge in [0.2, 0.25) is 0 Å². The van der Waals surface area contributed by atoms with Crippen molar-refractivity contribution in [2.45, 2.75) is 18.9 Å². The summed E-state index contributed by atoms with van der Waals surface area (Å²) >= 11 is 0. The first-order valence-corrected chi connectivity index (χ1v) is 9.38. The van der Waals surface area contributed by atoms with E-state index in [0.717, 1.165) is 30.7 Å². The van der Waals surface area contributed by atoms with Gasteiger partial charge in [-0.05, 0) is 60.9 Å². The summed E-state index contributed by atoms with van der Waals surface area (Å²) in [6.07, 6.45) is 5.25. The fraction of sp³-hybridized carbons (Fsp3) is 0.304. The van der Waals surface area contributed by atoms with Gasteiger partial charge in [-0.2, -0.15) is 0 Å². The van der Waals surface area contributed by atoms with E-state index in [0.29, 0.717) is 12.1 Å². The zero-order chi connectivity index (χ0) is 19.9. The van der Waals surface area contributed by atoms with Gasteiger partial charge < -0.3 is 9.47 Å². The van der Waals surface area contributed by atoms with Gasteiger partial charge in [0.1, 0.15) is 5.75 Å². The molecule has 2 aromatic carbocycles. The normalized spacial score (nSPS) is 17.0. The number of nitrogens with zero attached hydrogens (tertiary/aromatic N) is 1. The van der Waals surface area contributed by atoms with Crippen LogP contribution < -0.4 is 4.74 Å². The summed E-state index contributed by atoms with van der Waals surface area (Å²) in [6, 6.07) is 15.6. The summed E-state index contributed by atoms with van der Waals surface area (Å²) in [5, 5.41) is 0. The Kier molecular flexibility index (Phi) is 6.61. The molecule has 1 fully saturated rings. The van der Waals surface area contributed by atoms with Crippen LogP contribution in [0, 0.1) is 0 Å². The van der Waals surface area contributed by atoms with Crippen molar-refractivity contribution in [3.05, 3.63) is 71.3 Å². The van der Waals surface area contributed by atoms with Crippen molar-refractivity contribution in [1.29, 1.82) is 0 Å². The molecule has 28 heavy (non-hydrogen) atoms. The van der Waals surface area contributed by atoms with Gasteiger partial charge in [0.15, 0.2) is 5.78 Å². The number of hydrogen-bond donors (Lipinski definition) is 0. The molecule has 1 heterocycles. The Balaban J connectivity index is 1.66. The first kappa shape index (κ1) is 19.8. The molecule has 1 atom stereocenters. The molecule has 3 rings (SSSR count). The number of hydrogen-bond acceptors (Lipinski definition) is 5. The van der Waals surface area contributed by atoms with E-state index in [2.05, 4.69) is 21.8 Å². The van der Waals surface area contributed by atoms with Crippen LogP contribution in [0.4, 0.5) is 0 Å². The molecule has 1 unspecified atom stereocenters. The zero-order valence-corrected chi connectivity index (χ0v) is 16.3. The number of likely N-dealkylation sites (tertiary alicyclic amines) is 1. The van der Waals surface area contributed by atoms with Gasteiger partial charge in [-0.15, -0.1) is 0 Å². The lowest BCUT2D eigenvalue weighted by atomic mass is 10.0. The molecule has 2 aromatic rings. The van der Waals surface area contributed by atoms with Gasteiger partial charge in [0, 0.05) is 17.7 Å². The topological polar surface area (TPSA) is 55.8 Å². The second-order valence-electron chi connectivity index (χ2n) is 6.80. The van der Waals surface area contributed by atoms with Crippen LogP contribution in [0.15, 0.2) is 54.6 Å². The highest BCUT2D eigenvalue weighted by atomic mass is 16.5. The average Bonchev–Trinajstić information content (AvgIpc) is 3.20. The third-order valence-electron chi connectivity index (χ3n) is 5.06. The molecule has 0 bridgehead atoms. The average molecular weight is 379 g/mol. The predicted octanol–water partition coefficient (Wildman–Crippen LogP) is 3.90. The van der Waals surface area contributed by atoms with Crippen LogP contribution in [0.3, 0.4) is 0 Å². The highest BCUT2D eigenvalue weighted by molar-refractivity contribution is 5.97. The predicted molar refractivity (Wildman–Crippen MR) is 108 cm³/mol. The smallest absolute Gasteiger partial charge is 0.330 e. The molecular formula is C23H25NO4. The van der Waals surface area contributed by atoms with E-state index >= 15 is 0 Å². The van der Waals surface area contributed by atoms with Crippen molar-refractivity contribution in [1.82, 2.24) is 4.90 Å². The molecule has 5 nitrogen and oxygen atoms in total. The molecule has 146 valence electrons. The minimum Gasteiger partial charge on any atom is -0.497 e.